The van der Waals surface area contributed by atoms with Crippen LogP contribution in [0.25, 0.3) is 11.0 Å². The average molecular weight is 447 g/mol. The molecule has 33 heavy (non-hydrogen) atoms. The first-order chi connectivity index (χ1) is 16.0. The van der Waals surface area contributed by atoms with Gasteiger partial charge in [0, 0.05) is 12.6 Å². The fourth-order valence-corrected chi connectivity index (χ4v) is 3.21. The molecule has 0 saturated heterocycles. The predicted octanol–water partition coefficient (Wildman–Crippen LogP) is 3.59. The van der Waals surface area contributed by atoms with Crippen LogP contribution < -0.4 is 10.6 Å². The summed E-state index contributed by atoms with van der Waals surface area (Å²) in [7, 11) is 1.24. The van der Waals surface area contributed by atoms with E-state index in [0.717, 1.165) is 5.56 Å². The second-order valence-corrected chi connectivity index (χ2v) is 6.90. The van der Waals surface area contributed by atoms with E-state index >= 15 is 0 Å². The number of nitrogens with one attached hydrogen (secondary N) is 2. The van der Waals surface area contributed by atoms with Crippen LogP contribution in [0.2, 0.25) is 0 Å². The van der Waals surface area contributed by atoms with E-state index in [2.05, 4.69) is 25.6 Å². The van der Waals surface area contributed by atoms with Gasteiger partial charge < -0.3 is 15.4 Å². The van der Waals surface area contributed by atoms with Gasteiger partial charge >= 0.3 is 11.7 Å². The SMILES string of the molecule is COC(=O)c1ccc(Nc2ccc([N+](=O)[O-])c3nonc23)c(C(=O)NCc2ccccc2)c1. The van der Waals surface area contributed by atoms with Gasteiger partial charge in [0.1, 0.15) is 0 Å². The van der Waals surface area contributed by atoms with Gasteiger partial charge in [-0.05, 0) is 40.1 Å². The number of ether oxygens (including phenoxy) is 1. The highest BCUT2D eigenvalue weighted by molar-refractivity contribution is 6.04. The number of rotatable bonds is 7. The maximum atomic E-state index is 13.0. The lowest BCUT2D eigenvalue weighted by Crippen LogP contribution is -2.24. The Morgan fingerprint density at radius 2 is 1.76 bits per heavy atom. The quantitative estimate of drug-likeness (QED) is 0.246. The first kappa shape index (κ1) is 21.4. The number of amides is 1. The van der Waals surface area contributed by atoms with Gasteiger partial charge in [0.2, 0.25) is 5.52 Å². The summed E-state index contributed by atoms with van der Waals surface area (Å²) >= 11 is 0. The van der Waals surface area contributed by atoms with Gasteiger partial charge in [-0.2, -0.15) is 0 Å². The van der Waals surface area contributed by atoms with Crippen LogP contribution in [0, 0.1) is 10.1 Å². The van der Waals surface area contributed by atoms with Crippen LogP contribution in [0.3, 0.4) is 0 Å². The Labute approximate surface area is 186 Å². The molecule has 11 heteroatoms. The third kappa shape index (κ3) is 4.46. The monoisotopic (exact) mass is 447 g/mol. The number of hydrogen-bond acceptors (Lipinski definition) is 9. The van der Waals surface area contributed by atoms with Crippen molar-refractivity contribution in [3.63, 3.8) is 0 Å². The summed E-state index contributed by atoms with van der Waals surface area (Å²) < 4.78 is 9.44. The second kappa shape index (κ2) is 9.14. The van der Waals surface area contributed by atoms with Crippen molar-refractivity contribution in [1.82, 2.24) is 15.6 Å². The Morgan fingerprint density at radius 3 is 2.48 bits per heavy atom. The Hall–Kier alpha value is -4.80. The van der Waals surface area contributed by atoms with E-state index < -0.39 is 16.8 Å². The molecule has 0 aliphatic rings. The minimum Gasteiger partial charge on any atom is -0.465 e. The molecular weight excluding hydrogens is 430 g/mol. The number of aromatic nitrogens is 2. The summed E-state index contributed by atoms with van der Waals surface area (Å²) in [5.41, 5.74) is 1.74. The van der Waals surface area contributed by atoms with E-state index in [1.807, 2.05) is 30.3 Å². The number of non-ortho nitro benzene ring substituents is 1. The Kier molecular flexibility index (Phi) is 5.94. The lowest BCUT2D eigenvalue weighted by atomic mass is 10.1. The van der Waals surface area contributed by atoms with Crippen molar-refractivity contribution in [3.8, 4) is 0 Å². The number of methoxy groups -OCH3 is 1. The second-order valence-electron chi connectivity index (χ2n) is 6.90. The van der Waals surface area contributed by atoms with Crippen LogP contribution in [0.1, 0.15) is 26.3 Å². The van der Waals surface area contributed by atoms with Crippen LogP contribution in [0.5, 0.6) is 0 Å². The van der Waals surface area contributed by atoms with E-state index in [1.54, 1.807) is 0 Å². The maximum absolute atomic E-state index is 13.0. The zero-order valence-electron chi connectivity index (χ0n) is 17.3. The number of nitro groups is 1. The summed E-state index contributed by atoms with van der Waals surface area (Å²) in [5, 5.41) is 24.4. The molecular formula is C22H17N5O6. The van der Waals surface area contributed by atoms with Crippen LogP contribution >= 0.6 is 0 Å². The van der Waals surface area contributed by atoms with E-state index in [0.29, 0.717) is 11.4 Å². The number of nitrogens with zero attached hydrogens (tertiary/aromatic N) is 3. The minimum absolute atomic E-state index is 0.0359. The highest BCUT2D eigenvalue weighted by atomic mass is 16.6. The van der Waals surface area contributed by atoms with Gasteiger partial charge in [0.05, 0.1) is 34.5 Å². The van der Waals surface area contributed by atoms with Crippen molar-refractivity contribution >= 4 is 40.0 Å². The summed E-state index contributed by atoms with van der Waals surface area (Å²) in [6.45, 7) is 0.274. The number of anilines is 2. The number of esters is 1. The number of nitro benzene ring substituents is 1. The van der Waals surface area contributed by atoms with E-state index in [-0.39, 0.29) is 34.4 Å². The molecule has 1 aromatic heterocycles. The Balaban J connectivity index is 1.69. The molecule has 166 valence electrons. The summed E-state index contributed by atoms with van der Waals surface area (Å²) in [6, 6.07) is 16.4. The van der Waals surface area contributed by atoms with Gasteiger partial charge in [-0.25, -0.2) is 9.42 Å². The molecule has 0 unspecified atom stereocenters. The molecule has 2 N–H and O–H groups in total. The van der Waals surface area contributed by atoms with Crippen molar-refractivity contribution < 1.29 is 23.9 Å². The standard InChI is InChI=1S/C22H17N5O6/c1-32-22(29)14-7-8-16(15(11-14)21(28)23-12-13-5-3-2-4-6-13)24-17-9-10-18(27(30)31)20-19(17)25-33-26-20/h2-11,24H,12H2,1H3,(H,23,28). The number of fused-ring (bicyclic) bond motifs is 1. The van der Waals surface area contributed by atoms with Crippen LogP contribution in [-0.2, 0) is 11.3 Å². The number of hydrogen-bond donors (Lipinski definition) is 2. The van der Waals surface area contributed by atoms with Crippen molar-refractivity contribution in [2.75, 3.05) is 12.4 Å². The summed E-state index contributed by atoms with van der Waals surface area (Å²) in [4.78, 5) is 35.7. The molecule has 3 aromatic carbocycles. The van der Waals surface area contributed by atoms with E-state index in [1.165, 1.54) is 37.4 Å². The third-order valence-electron chi connectivity index (χ3n) is 4.84. The van der Waals surface area contributed by atoms with Crippen molar-refractivity contribution in [2.24, 2.45) is 0 Å². The summed E-state index contributed by atoms with van der Waals surface area (Å²) in [6.07, 6.45) is 0. The van der Waals surface area contributed by atoms with Gasteiger partial charge in [0.15, 0.2) is 5.52 Å². The Morgan fingerprint density at radius 1 is 1.03 bits per heavy atom. The molecule has 4 rings (SSSR count). The lowest BCUT2D eigenvalue weighted by Gasteiger charge is -2.14. The van der Waals surface area contributed by atoms with Crippen LogP contribution in [0.4, 0.5) is 17.1 Å². The molecule has 0 aliphatic carbocycles. The molecule has 11 nitrogen and oxygen atoms in total. The van der Waals surface area contributed by atoms with E-state index in [4.69, 9.17) is 4.74 Å². The zero-order chi connectivity index (χ0) is 23.4. The first-order valence-electron chi connectivity index (χ1n) is 9.69. The molecule has 0 atom stereocenters. The molecule has 0 aliphatic heterocycles. The number of carbonyl (C=O) groups excluding carboxylic acids is 2. The van der Waals surface area contributed by atoms with Gasteiger partial charge in [-0.3, -0.25) is 14.9 Å². The molecule has 1 heterocycles. The molecule has 1 amide bonds. The number of benzene rings is 3. The van der Waals surface area contributed by atoms with Crippen molar-refractivity contribution in [2.45, 2.75) is 6.54 Å². The van der Waals surface area contributed by atoms with Crippen LogP contribution in [0.15, 0.2) is 65.3 Å². The highest BCUT2D eigenvalue weighted by Crippen LogP contribution is 2.32. The van der Waals surface area contributed by atoms with Crippen LogP contribution in [-0.4, -0.2) is 34.2 Å². The van der Waals surface area contributed by atoms with Gasteiger partial charge in [-0.15, -0.1) is 0 Å². The van der Waals surface area contributed by atoms with Crippen molar-refractivity contribution in [3.05, 3.63) is 87.5 Å². The molecule has 0 bridgehead atoms. The van der Waals surface area contributed by atoms with E-state index in [9.17, 15) is 19.7 Å². The molecule has 4 aromatic rings. The number of carbonyl (C=O) groups is 2. The summed E-state index contributed by atoms with van der Waals surface area (Å²) in [5.74, 6) is -1.04. The molecule has 0 saturated carbocycles. The minimum atomic E-state index is -0.600. The smallest absolute Gasteiger partial charge is 0.337 e. The van der Waals surface area contributed by atoms with Crippen molar-refractivity contribution in [1.29, 1.82) is 0 Å². The topological polar surface area (TPSA) is 149 Å². The average Bonchev–Trinajstić information content (AvgIpc) is 3.33. The largest absolute Gasteiger partial charge is 0.465 e. The molecule has 0 radical (unpaired) electrons. The molecule has 0 fully saturated rings. The zero-order valence-corrected chi connectivity index (χ0v) is 17.3. The molecule has 0 spiro atoms. The Bertz CT molecular complexity index is 1350. The normalized spacial score (nSPS) is 10.6. The fraction of sp³-hybridized carbons (Fsp3) is 0.0909. The first-order valence-corrected chi connectivity index (χ1v) is 9.69. The fourth-order valence-electron chi connectivity index (χ4n) is 3.21. The predicted molar refractivity (Wildman–Crippen MR) is 117 cm³/mol. The lowest BCUT2D eigenvalue weighted by molar-refractivity contribution is -0.383. The third-order valence-corrected chi connectivity index (χ3v) is 4.84. The maximum Gasteiger partial charge on any atom is 0.337 e. The van der Waals surface area contributed by atoms with Gasteiger partial charge in [0.25, 0.3) is 5.91 Å². The highest BCUT2D eigenvalue weighted by Gasteiger charge is 2.21. The van der Waals surface area contributed by atoms with Gasteiger partial charge in [-0.1, -0.05) is 30.3 Å².